The molecule has 0 aliphatic heterocycles. The molecule has 0 radical (unpaired) electrons. The molecule has 2 amide bonds. The minimum atomic E-state index is -0.321. The molecule has 2 rings (SSSR count). The molecule has 21 heavy (non-hydrogen) atoms. The van der Waals surface area contributed by atoms with Gasteiger partial charge in [-0.3, -0.25) is 20.4 Å². The molecule has 5 nitrogen and oxygen atoms in total. The summed E-state index contributed by atoms with van der Waals surface area (Å²) < 4.78 is 0. The number of hydrazine groups is 1. The Morgan fingerprint density at radius 3 is 2.81 bits per heavy atom. The van der Waals surface area contributed by atoms with Gasteiger partial charge in [0.25, 0.3) is 5.91 Å². The predicted octanol–water partition coefficient (Wildman–Crippen LogP) is 2.19. The van der Waals surface area contributed by atoms with Gasteiger partial charge < -0.3 is 5.73 Å². The number of aryl methyl sites for hydroxylation is 1. The lowest BCUT2D eigenvalue weighted by Crippen LogP contribution is -2.42. The molecule has 2 aromatic rings. The van der Waals surface area contributed by atoms with Gasteiger partial charge in [0.05, 0.1) is 10.6 Å². The highest BCUT2D eigenvalue weighted by Gasteiger charge is 2.09. The van der Waals surface area contributed by atoms with Gasteiger partial charge in [0, 0.05) is 10.6 Å². The van der Waals surface area contributed by atoms with E-state index < -0.39 is 0 Å². The van der Waals surface area contributed by atoms with Crippen LogP contribution in [0.5, 0.6) is 0 Å². The number of nitrogens with two attached hydrogens (primary N) is 1. The number of rotatable bonds is 4. The number of thioether (sulfide) groups is 1. The Kier molecular flexibility index (Phi) is 5.24. The summed E-state index contributed by atoms with van der Waals surface area (Å²) in [5.41, 5.74) is 12.3. The van der Waals surface area contributed by atoms with Crippen molar-refractivity contribution in [1.29, 1.82) is 0 Å². The molecule has 1 heterocycles. The number of hydrogen-bond donors (Lipinski definition) is 3. The number of hydrogen-bond acceptors (Lipinski definition) is 5. The van der Waals surface area contributed by atoms with Gasteiger partial charge in [-0.25, -0.2) is 0 Å². The number of anilines is 1. The molecule has 1 aromatic heterocycles. The second kappa shape index (κ2) is 7.14. The van der Waals surface area contributed by atoms with Crippen LogP contribution in [0.3, 0.4) is 0 Å². The van der Waals surface area contributed by atoms with E-state index in [0.29, 0.717) is 10.6 Å². The molecule has 0 saturated carbocycles. The first-order valence-corrected chi connectivity index (χ1v) is 8.04. The second-order valence-corrected chi connectivity index (χ2v) is 6.27. The molecule has 0 unspecified atom stereocenters. The van der Waals surface area contributed by atoms with Gasteiger partial charge in [0.2, 0.25) is 5.91 Å². The summed E-state index contributed by atoms with van der Waals surface area (Å²) in [6.07, 6.45) is 0. The maximum Gasteiger partial charge on any atom is 0.279 e. The third-order valence-electron chi connectivity index (χ3n) is 2.59. The second-order valence-electron chi connectivity index (χ2n) is 4.31. The number of thiophene rings is 1. The Balaban J connectivity index is 1.80. The van der Waals surface area contributed by atoms with E-state index >= 15 is 0 Å². The molecule has 110 valence electrons. The van der Waals surface area contributed by atoms with E-state index in [1.807, 2.05) is 25.1 Å². The van der Waals surface area contributed by atoms with Crippen LogP contribution in [-0.4, -0.2) is 17.6 Å². The Morgan fingerprint density at radius 2 is 2.10 bits per heavy atom. The fourth-order valence-electron chi connectivity index (χ4n) is 1.54. The molecule has 1 aromatic carbocycles. The van der Waals surface area contributed by atoms with Crippen molar-refractivity contribution in [2.45, 2.75) is 11.8 Å². The zero-order valence-electron chi connectivity index (χ0n) is 11.4. The molecule has 0 atom stereocenters. The number of benzene rings is 1. The SMILES string of the molecule is Cc1ccc(N)c(SCC(=O)NNC(=O)c2cccs2)c1. The van der Waals surface area contributed by atoms with E-state index in [4.69, 9.17) is 5.73 Å². The number of carbonyl (C=O) groups is 2. The van der Waals surface area contributed by atoms with Crippen LogP contribution in [0.25, 0.3) is 0 Å². The summed E-state index contributed by atoms with van der Waals surface area (Å²) in [6, 6.07) is 9.12. The van der Waals surface area contributed by atoms with Crippen LogP contribution >= 0.6 is 23.1 Å². The van der Waals surface area contributed by atoms with E-state index in [-0.39, 0.29) is 17.6 Å². The van der Waals surface area contributed by atoms with E-state index in [1.54, 1.807) is 17.5 Å². The maximum absolute atomic E-state index is 11.7. The fourth-order valence-corrected chi connectivity index (χ4v) is 3.02. The fraction of sp³-hybridized carbons (Fsp3) is 0.143. The van der Waals surface area contributed by atoms with Gasteiger partial charge >= 0.3 is 0 Å². The molecule has 0 saturated heterocycles. The number of nitrogens with one attached hydrogen (secondary N) is 2. The molecule has 0 fully saturated rings. The van der Waals surface area contributed by atoms with Crippen molar-refractivity contribution in [3.8, 4) is 0 Å². The number of amides is 2. The highest BCUT2D eigenvalue weighted by molar-refractivity contribution is 8.00. The molecule has 0 aliphatic rings. The highest BCUT2D eigenvalue weighted by Crippen LogP contribution is 2.25. The first-order valence-electron chi connectivity index (χ1n) is 6.18. The molecule has 0 spiro atoms. The van der Waals surface area contributed by atoms with Crippen molar-refractivity contribution in [3.05, 3.63) is 46.2 Å². The van der Waals surface area contributed by atoms with Crippen LogP contribution in [0.4, 0.5) is 5.69 Å². The monoisotopic (exact) mass is 321 g/mol. The average Bonchev–Trinajstić information content (AvgIpc) is 3.00. The van der Waals surface area contributed by atoms with Crippen molar-refractivity contribution >= 4 is 40.6 Å². The van der Waals surface area contributed by atoms with Gasteiger partial charge in [-0.05, 0) is 36.1 Å². The average molecular weight is 321 g/mol. The zero-order valence-corrected chi connectivity index (χ0v) is 13.0. The third kappa shape index (κ3) is 4.51. The van der Waals surface area contributed by atoms with Crippen LogP contribution in [0.2, 0.25) is 0 Å². The molecule has 0 bridgehead atoms. The molecular weight excluding hydrogens is 306 g/mol. The van der Waals surface area contributed by atoms with Crippen molar-refractivity contribution in [3.63, 3.8) is 0 Å². The summed E-state index contributed by atoms with van der Waals surface area (Å²) in [4.78, 5) is 24.7. The standard InChI is InChI=1S/C14H15N3O2S2/c1-9-4-5-10(15)12(7-9)21-8-13(18)16-17-14(19)11-3-2-6-20-11/h2-7H,8,15H2,1H3,(H,16,18)(H,17,19). The summed E-state index contributed by atoms with van der Waals surface area (Å²) >= 11 is 2.64. The predicted molar refractivity (Wildman–Crippen MR) is 86.2 cm³/mol. The maximum atomic E-state index is 11.7. The minimum Gasteiger partial charge on any atom is -0.398 e. The van der Waals surface area contributed by atoms with Crippen LogP contribution in [0, 0.1) is 6.92 Å². The Hall–Kier alpha value is -1.99. The van der Waals surface area contributed by atoms with Crippen LogP contribution in [0.1, 0.15) is 15.2 Å². The lowest BCUT2D eigenvalue weighted by Gasteiger charge is -2.08. The van der Waals surface area contributed by atoms with Gasteiger partial charge in [0.1, 0.15) is 0 Å². The van der Waals surface area contributed by atoms with Crippen LogP contribution in [-0.2, 0) is 4.79 Å². The summed E-state index contributed by atoms with van der Waals surface area (Å²) in [5, 5.41) is 1.80. The van der Waals surface area contributed by atoms with Gasteiger partial charge in [-0.15, -0.1) is 23.1 Å². The third-order valence-corrected chi connectivity index (χ3v) is 4.53. The first kappa shape index (κ1) is 15.4. The highest BCUT2D eigenvalue weighted by atomic mass is 32.2. The molecule has 7 heteroatoms. The summed E-state index contributed by atoms with van der Waals surface area (Å²) in [5.74, 6) is -0.428. The number of nitrogen functional groups attached to an aromatic ring is 1. The largest absolute Gasteiger partial charge is 0.398 e. The Bertz CT molecular complexity index is 642. The zero-order chi connectivity index (χ0) is 15.2. The Labute approximate surface area is 130 Å². The summed E-state index contributed by atoms with van der Waals surface area (Å²) in [6.45, 7) is 1.96. The Morgan fingerprint density at radius 1 is 1.29 bits per heavy atom. The normalized spacial score (nSPS) is 10.1. The quantitative estimate of drug-likeness (QED) is 0.458. The first-order chi connectivity index (χ1) is 10.1. The minimum absolute atomic E-state index is 0.179. The lowest BCUT2D eigenvalue weighted by atomic mass is 10.2. The van der Waals surface area contributed by atoms with Crippen molar-refractivity contribution < 1.29 is 9.59 Å². The van der Waals surface area contributed by atoms with Gasteiger partial charge in [-0.2, -0.15) is 0 Å². The van der Waals surface area contributed by atoms with E-state index in [9.17, 15) is 9.59 Å². The molecule has 4 N–H and O–H groups in total. The smallest absolute Gasteiger partial charge is 0.279 e. The van der Waals surface area contributed by atoms with Crippen LogP contribution in [0.15, 0.2) is 40.6 Å². The molecule has 0 aliphatic carbocycles. The summed E-state index contributed by atoms with van der Waals surface area (Å²) in [7, 11) is 0. The lowest BCUT2D eigenvalue weighted by molar-refractivity contribution is -0.119. The van der Waals surface area contributed by atoms with Crippen LogP contribution < -0.4 is 16.6 Å². The van der Waals surface area contributed by atoms with E-state index in [1.165, 1.54) is 23.1 Å². The molecular formula is C14H15N3O2S2. The topological polar surface area (TPSA) is 84.2 Å². The number of carbonyl (C=O) groups excluding carboxylic acids is 2. The van der Waals surface area contributed by atoms with E-state index in [0.717, 1.165) is 10.5 Å². The van der Waals surface area contributed by atoms with Crippen molar-refractivity contribution in [2.75, 3.05) is 11.5 Å². The van der Waals surface area contributed by atoms with E-state index in [2.05, 4.69) is 10.9 Å². The van der Waals surface area contributed by atoms with Gasteiger partial charge in [-0.1, -0.05) is 12.1 Å². The van der Waals surface area contributed by atoms with Gasteiger partial charge in [0.15, 0.2) is 0 Å². The van der Waals surface area contributed by atoms with Crippen molar-refractivity contribution in [1.82, 2.24) is 10.9 Å². The van der Waals surface area contributed by atoms with Crippen molar-refractivity contribution in [2.24, 2.45) is 0 Å².